The van der Waals surface area contributed by atoms with Gasteiger partial charge >= 0.3 is 6.03 Å². The van der Waals surface area contributed by atoms with Crippen LogP contribution in [0.3, 0.4) is 0 Å². The Morgan fingerprint density at radius 2 is 1.48 bits per heavy atom. The maximum absolute atomic E-state index is 12.7. The number of carbonyl (C=O) groups is 2. The second kappa shape index (κ2) is 11.2. The van der Waals surface area contributed by atoms with E-state index in [2.05, 4.69) is 34.3 Å². The van der Waals surface area contributed by atoms with Crippen molar-refractivity contribution in [2.75, 3.05) is 63.1 Å². The van der Waals surface area contributed by atoms with Crippen LogP contribution < -0.4 is 10.2 Å². The van der Waals surface area contributed by atoms with Crippen LogP contribution in [0.5, 0.6) is 0 Å². The lowest BCUT2D eigenvalue weighted by Gasteiger charge is -2.36. The highest BCUT2D eigenvalue weighted by molar-refractivity contribution is 5.89. The van der Waals surface area contributed by atoms with E-state index in [-0.39, 0.29) is 11.9 Å². The first-order valence-corrected chi connectivity index (χ1v) is 12.0. The van der Waals surface area contributed by atoms with E-state index < -0.39 is 0 Å². The van der Waals surface area contributed by atoms with Crippen LogP contribution in [0.25, 0.3) is 0 Å². The lowest BCUT2D eigenvalue weighted by Crippen LogP contribution is -2.52. The Bertz CT molecular complexity index is 904. The van der Waals surface area contributed by atoms with E-state index in [1.54, 1.807) is 0 Å². The molecule has 2 fully saturated rings. The minimum atomic E-state index is -0.0811. The van der Waals surface area contributed by atoms with Gasteiger partial charge in [0.1, 0.15) is 0 Å². The summed E-state index contributed by atoms with van der Waals surface area (Å²) in [6.07, 6.45) is 3.46. The topological polar surface area (TPSA) is 59.1 Å². The van der Waals surface area contributed by atoms with Crippen LogP contribution in [0, 0.1) is 0 Å². The molecule has 2 saturated heterocycles. The molecule has 0 bridgehead atoms. The van der Waals surface area contributed by atoms with E-state index in [1.807, 2.05) is 52.3 Å². The molecular formula is C26H35N5O2. The van der Waals surface area contributed by atoms with Gasteiger partial charge in [0.25, 0.3) is 0 Å². The molecule has 0 radical (unpaired) electrons. The average molecular weight is 450 g/mol. The first-order chi connectivity index (χ1) is 16.1. The number of hydrogen-bond acceptors (Lipinski definition) is 4. The standard InChI is InChI=1S/C26H35N5O2/c1-28(20-22-8-4-2-5-9-22)24-12-10-23(11-13-24)27-26(33)31-18-16-29(17-19-31)21-25(32)30-14-6-3-7-15-30/h2,4-5,8-13H,3,6-7,14-21H2,1H3,(H,27,33). The minimum absolute atomic E-state index is 0.0811. The summed E-state index contributed by atoms with van der Waals surface area (Å²) in [5.41, 5.74) is 3.15. The van der Waals surface area contributed by atoms with E-state index in [9.17, 15) is 9.59 Å². The zero-order chi connectivity index (χ0) is 23.0. The van der Waals surface area contributed by atoms with Crippen LogP contribution in [0.1, 0.15) is 24.8 Å². The minimum Gasteiger partial charge on any atom is -0.370 e. The summed E-state index contributed by atoms with van der Waals surface area (Å²) in [6, 6.07) is 18.2. The monoisotopic (exact) mass is 449 g/mol. The summed E-state index contributed by atoms with van der Waals surface area (Å²) in [7, 11) is 2.07. The van der Waals surface area contributed by atoms with Crippen LogP contribution in [-0.2, 0) is 11.3 Å². The van der Waals surface area contributed by atoms with Crippen LogP contribution in [0.4, 0.5) is 16.2 Å². The summed E-state index contributed by atoms with van der Waals surface area (Å²) in [5, 5.41) is 3.01. The molecule has 2 heterocycles. The number of benzene rings is 2. The van der Waals surface area contributed by atoms with Crippen molar-refractivity contribution in [1.82, 2.24) is 14.7 Å². The Morgan fingerprint density at radius 3 is 2.15 bits per heavy atom. The first-order valence-electron chi connectivity index (χ1n) is 12.0. The van der Waals surface area contributed by atoms with Crippen molar-refractivity contribution >= 4 is 23.3 Å². The van der Waals surface area contributed by atoms with Crippen molar-refractivity contribution in [3.8, 4) is 0 Å². The molecule has 0 spiro atoms. The fraction of sp³-hybridized carbons (Fsp3) is 0.462. The van der Waals surface area contributed by atoms with Gasteiger partial charge in [-0.05, 0) is 49.1 Å². The number of urea groups is 1. The molecule has 2 aromatic carbocycles. The predicted molar refractivity (Wildman–Crippen MR) is 132 cm³/mol. The summed E-state index contributed by atoms with van der Waals surface area (Å²) < 4.78 is 0. The van der Waals surface area contributed by atoms with Crippen molar-refractivity contribution in [3.63, 3.8) is 0 Å². The molecule has 0 aromatic heterocycles. The quantitative estimate of drug-likeness (QED) is 0.734. The van der Waals surface area contributed by atoms with Crippen molar-refractivity contribution < 1.29 is 9.59 Å². The van der Waals surface area contributed by atoms with E-state index in [1.165, 1.54) is 12.0 Å². The molecule has 4 rings (SSSR count). The van der Waals surface area contributed by atoms with E-state index in [4.69, 9.17) is 0 Å². The van der Waals surface area contributed by atoms with Crippen molar-refractivity contribution in [2.24, 2.45) is 0 Å². The fourth-order valence-corrected chi connectivity index (χ4v) is 4.49. The molecule has 0 unspecified atom stereocenters. The van der Waals surface area contributed by atoms with E-state index in [0.29, 0.717) is 19.6 Å². The number of hydrogen-bond donors (Lipinski definition) is 1. The Hall–Kier alpha value is -3.06. The third-order valence-electron chi connectivity index (χ3n) is 6.55. The zero-order valence-electron chi connectivity index (χ0n) is 19.6. The second-order valence-electron chi connectivity index (χ2n) is 9.02. The maximum Gasteiger partial charge on any atom is 0.321 e. The van der Waals surface area contributed by atoms with Gasteiger partial charge in [-0.1, -0.05) is 30.3 Å². The van der Waals surface area contributed by atoms with Gasteiger partial charge in [0.2, 0.25) is 5.91 Å². The van der Waals surface area contributed by atoms with Crippen LogP contribution in [-0.4, -0.2) is 79.5 Å². The van der Waals surface area contributed by atoms with Gasteiger partial charge in [0, 0.05) is 64.2 Å². The molecular weight excluding hydrogens is 414 g/mol. The number of carbonyl (C=O) groups excluding carboxylic acids is 2. The molecule has 176 valence electrons. The van der Waals surface area contributed by atoms with Crippen LogP contribution in [0.15, 0.2) is 54.6 Å². The highest BCUT2D eigenvalue weighted by Gasteiger charge is 2.24. The SMILES string of the molecule is CN(Cc1ccccc1)c1ccc(NC(=O)N2CCN(CC(=O)N3CCCCC3)CC2)cc1. The number of rotatable bonds is 6. The highest BCUT2D eigenvalue weighted by Crippen LogP contribution is 2.19. The molecule has 2 aliphatic rings. The number of likely N-dealkylation sites (tertiary alicyclic amines) is 1. The van der Waals surface area contributed by atoms with Crippen LogP contribution in [0.2, 0.25) is 0 Å². The summed E-state index contributed by atoms with van der Waals surface area (Å²) in [4.78, 5) is 33.4. The zero-order valence-corrected chi connectivity index (χ0v) is 19.6. The lowest BCUT2D eigenvalue weighted by atomic mass is 10.1. The molecule has 0 atom stereocenters. The summed E-state index contributed by atoms with van der Waals surface area (Å²) >= 11 is 0. The number of piperidine rings is 1. The summed E-state index contributed by atoms with van der Waals surface area (Å²) in [6.45, 7) is 5.81. The van der Waals surface area contributed by atoms with Gasteiger partial charge in [0.15, 0.2) is 0 Å². The number of nitrogens with zero attached hydrogens (tertiary/aromatic N) is 4. The molecule has 2 aliphatic heterocycles. The predicted octanol–water partition coefficient (Wildman–Crippen LogP) is 3.49. The number of amides is 3. The maximum atomic E-state index is 12.7. The van der Waals surface area contributed by atoms with Crippen molar-refractivity contribution in [1.29, 1.82) is 0 Å². The van der Waals surface area contributed by atoms with Crippen molar-refractivity contribution in [3.05, 3.63) is 60.2 Å². The molecule has 1 N–H and O–H groups in total. The molecule has 2 aromatic rings. The normalized spacial score (nSPS) is 17.0. The fourth-order valence-electron chi connectivity index (χ4n) is 4.49. The first kappa shape index (κ1) is 23.1. The van der Waals surface area contributed by atoms with Gasteiger partial charge in [0.05, 0.1) is 6.54 Å². The number of piperazine rings is 1. The number of nitrogens with one attached hydrogen (secondary N) is 1. The Morgan fingerprint density at radius 1 is 0.818 bits per heavy atom. The molecule has 3 amide bonds. The Balaban J connectivity index is 1.21. The number of anilines is 2. The molecule has 7 heteroatoms. The van der Waals surface area contributed by atoms with E-state index >= 15 is 0 Å². The third-order valence-corrected chi connectivity index (χ3v) is 6.55. The van der Waals surface area contributed by atoms with Gasteiger partial charge in [-0.3, -0.25) is 9.69 Å². The van der Waals surface area contributed by atoms with E-state index in [0.717, 1.165) is 56.9 Å². The lowest BCUT2D eigenvalue weighted by molar-refractivity contribution is -0.133. The highest BCUT2D eigenvalue weighted by atomic mass is 16.2. The molecule has 7 nitrogen and oxygen atoms in total. The summed E-state index contributed by atoms with van der Waals surface area (Å²) in [5.74, 6) is 0.227. The molecule has 33 heavy (non-hydrogen) atoms. The van der Waals surface area contributed by atoms with Gasteiger partial charge in [-0.15, -0.1) is 0 Å². The largest absolute Gasteiger partial charge is 0.370 e. The van der Waals surface area contributed by atoms with Gasteiger partial charge in [-0.2, -0.15) is 0 Å². The smallest absolute Gasteiger partial charge is 0.321 e. The average Bonchev–Trinajstić information content (AvgIpc) is 2.86. The second-order valence-corrected chi connectivity index (χ2v) is 9.02. The van der Waals surface area contributed by atoms with Gasteiger partial charge < -0.3 is 20.0 Å². The van der Waals surface area contributed by atoms with Crippen LogP contribution >= 0.6 is 0 Å². The molecule has 0 aliphatic carbocycles. The third kappa shape index (κ3) is 6.48. The Kier molecular flexibility index (Phi) is 7.83. The van der Waals surface area contributed by atoms with Crippen molar-refractivity contribution in [2.45, 2.75) is 25.8 Å². The van der Waals surface area contributed by atoms with Gasteiger partial charge in [-0.25, -0.2) is 4.79 Å². The molecule has 0 saturated carbocycles. The Labute approximate surface area is 196 Å².